The van der Waals surface area contributed by atoms with Crippen molar-refractivity contribution in [2.45, 2.75) is 128 Å². The molecule has 0 radical (unpaired) electrons. The molecular formula is C22H40O2Sn. The van der Waals surface area contributed by atoms with Crippen LogP contribution in [0.5, 0.6) is 0 Å². The van der Waals surface area contributed by atoms with E-state index in [0.717, 1.165) is 18.2 Å². The first kappa shape index (κ1) is 20.0. The molecule has 0 unspecified atom stereocenters. The molecule has 0 spiro atoms. The van der Waals surface area contributed by atoms with Crippen molar-refractivity contribution in [2.24, 2.45) is 0 Å². The number of rotatable bonds is 6. The quantitative estimate of drug-likeness (QED) is 0.394. The maximum absolute atomic E-state index is 12.8. The van der Waals surface area contributed by atoms with Gasteiger partial charge in [-0.15, -0.1) is 0 Å². The van der Waals surface area contributed by atoms with Crippen molar-refractivity contribution >= 4 is 24.8 Å². The van der Waals surface area contributed by atoms with Crippen LogP contribution >= 0.6 is 0 Å². The van der Waals surface area contributed by atoms with Gasteiger partial charge >= 0.3 is 161 Å². The fourth-order valence-corrected chi connectivity index (χ4v) is 26.1. The molecule has 0 heterocycles. The summed E-state index contributed by atoms with van der Waals surface area (Å²) in [6, 6.07) is 0. The first-order valence-electron chi connectivity index (χ1n) is 11.5. The topological polar surface area (TPSA) is 26.3 Å². The van der Waals surface area contributed by atoms with E-state index in [0.29, 0.717) is 6.42 Å². The van der Waals surface area contributed by atoms with Crippen LogP contribution in [0.15, 0.2) is 0 Å². The molecule has 144 valence electrons. The molecule has 0 amide bonds. The van der Waals surface area contributed by atoms with E-state index >= 15 is 0 Å². The normalized spacial score (nSPS) is 25.0. The summed E-state index contributed by atoms with van der Waals surface area (Å²) in [6.45, 7) is 2.13. The summed E-state index contributed by atoms with van der Waals surface area (Å²) in [6.07, 6.45) is 22.6. The van der Waals surface area contributed by atoms with Crippen LogP contribution in [0, 0.1) is 0 Å². The molecule has 3 rings (SSSR count). The van der Waals surface area contributed by atoms with Crippen molar-refractivity contribution in [1.29, 1.82) is 0 Å². The van der Waals surface area contributed by atoms with Gasteiger partial charge in [-0.25, -0.2) is 0 Å². The van der Waals surface area contributed by atoms with Crippen LogP contribution in [0.25, 0.3) is 0 Å². The SMILES string of the molecule is CCCC(=O)[O][Sn]([CH]1CCCCC1)([CH]1CCCCC1)[CH]1CCCCC1. The van der Waals surface area contributed by atoms with Crippen LogP contribution < -0.4 is 0 Å². The van der Waals surface area contributed by atoms with Gasteiger partial charge in [0.2, 0.25) is 0 Å². The van der Waals surface area contributed by atoms with Gasteiger partial charge in [-0.05, 0) is 0 Å². The van der Waals surface area contributed by atoms with E-state index < -0.39 is 18.8 Å². The second-order valence-electron chi connectivity index (χ2n) is 9.08. The second kappa shape index (κ2) is 9.99. The Morgan fingerprint density at radius 2 is 1.08 bits per heavy atom. The fraction of sp³-hybridized carbons (Fsp3) is 0.955. The zero-order chi connectivity index (χ0) is 17.5. The molecule has 3 aliphatic rings. The number of hydrogen-bond donors (Lipinski definition) is 0. The molecule has 3 aliphatic carbocycles. The van der Waals surface area contributed by atoms with Crippen molar-refractivity contribution in [2.75, 3.05) is 0 Å². The summed E-state index contributed by atoms with van der Waals surface area (Å²) in [4.78, 5) is 12.8. The Morgan fingerprint density at radius 3 is 1.40 bits per heavy atom. The van der Waals surface area contributed by atoms with Gasteiger partial charge in [0.15, 0.2) is 0 Å². The third-order valence-electron chi connectivity index (χ3n) is 7.47. The van der Waals surface area contributed by atoms with Gasteiger partial charge in [-0.2, -0.15) is 0 Å². The Morgan fingerprint density at radius 1 is 0.720 bits per heavy atom. The summed E-state index contributed by atoms with van der Waals surface area (Å²) in [7, 11) is 0. The fourth-order valence-electron chi connectivity index (χ4n) is 6.36. The molecule has 3 saturated carbocycles. The number of carbonyl (C=O) groups excluding carboxylic acids is 1. The standard InChI is InChI=1S/3C6H11.C4H8O2.Sn/c3*1-2-4-6-5-3-1;1-2-3-4(5)6;/h3*1H,2-6H2;2-3H2,1H3,(H,5,6);/q;;;;+1/p-1. The van der Waals surface area contributed by atoms with Crippen LogP contribution in [0.3, 0.4) is 0 Å². The third kappa shape index (κ3) is 4.76. The Hall–Kier alpha value is 0.269. The van der Waals surface area contributed by atoms with Crippen LogP contribution in [0.4, 0.5) is 0 Å². The predicted octanol–water partition coefficient (Wildman–Crippen LogP) is 7.28. The van der Waals surface area contributed by atoms with E-state index in [2.05, 4.69) is 6.92 Å². The summed E-state index contributed by atoms with van der Waals surface area (Å²) < 4.78 is 9.40. The Bertz CT molecular complexity index is 359. The zero-order valence-corrected chi connectivity index (χ0v) is 19.4. The number of hydrogen-bond acceptors (Lipinski definition) is 2. The van der Waals surface area contributed by atoms with Crippen LogP contribution in [-0.4, -0.2) is 24.8 Å². The molecule has 0 bridgehead atoms. The van der Waals surface area contributed by atoms with E-state index in [1.54, 1.807) is 0 Å². The summed E-state index contributed by atoms with van der Waals surface area (Å²) in [5.74, 6) is 0.194. The summed E-state index contributed by atoms with van der Waals surface area (Å²) in [5.41, 5.74) is 0. The second-order valence-corrected chi connectivity index (χ2v) is 21.5. The molecule has 0 atom stereocenters. The van der Waals surface area contributed by atoms with Gasteiger partial charge in [0.25, 0.3) is 0 Å². The average molecular weight is 455 g/mol. The minimum absolute atomic E-state index is 0.194. The van der Waals surface area contributed by atoms with Gasteiger partial charge in [-0.3, -0.25) is 0 Å². The van der Waals surface area contributed by atoms with Crippen molar-refractivity contribution in [3.05, 3.63) is 0 Å². The molecule has 3 heteroatoms. The molecule has 0 aliphatic heterocycles. The summed E-state index contributed by atoms with van der Waals surface area (Å²) in [5, 5.41) is 0. The minimum atomic E-state index is -3.03. The molecule has 0 aromatic heterocycles. The van der Waals surface area contributed by atoms with Crippen molar-refractivity contribution < 1.29 is 7.87 Å². The Labute approximate surface area is 160 Å². The molecule has 0 aromatic carbocycles. The van der Waals surface area contributed by atoms with Gasteiger partial charge < -0.3 is 0 Å². The third-order valence-corrected chi connectivity index (χ3v) is 25.0. The van der Waals surface area contributed by atoms with Gasteiger partial charge in [0, 0.05) is 0 Å². The number of carbonyl (C=O) groups is 1. The monoisotopic (exact) mass is 456 g/mol. The van der Waals surface area contributed by atoms with Crippen molar-refractivity contribution in [3.8, 4) is 0 Å². The zero-order valence-electron chi connectivity index (χ0n) is 16.6. The molecule has 2 nitrogen and oxygen atoms in total. The first-order valence-corrected chi connectivity index (χ1v) is 17.6. The molecule has 0 N–H and O–H groups in total. The molecular weight excluding hydrogens is 415 g/mol. The van der Waals surface area contributed by atoms with E-state index in [9.17, 15) is 4.79 Å². The predicted molar refractivity (Wildman–Crippen MR) is 107 cm³/mol. The van der Waals surface area contributed by atoms with Crippen LogP contribution in [0.2, 0.25) is 11.8 Å². The van der Waals surface area contributed by atoms with E-state index in [1.165, 1.54) is 96.3 Å². The summed E-state index contributed by atoms with van der Waals surface area (Å²) >= 11 is -3.03. The molecule has 25 heavy (non-hydrogen) atoms. The van der Waals surface area contributed by atoms with Gasteiger partial charge in [0.05, 0.1) is 0 Å². The van der Waals surface area contributed by atoms with Crippen molar-refractivity contribution in [3.63, 3.8) is 0 Å². The van der Waals surface area contributed by atoms with Crippen LogP contribution in [-0.2, 0) is 7.87 Å². The van der Waals surface area contributed by atoms with Crippen molar-refractivity contribution in [1.82, 2.24) is 0 Å². The van der Waals surface area contributed by atoms with Crippen LogP contribution in [0.1, 0.15) is 116 Å². The Kier molecular flexibility index (Phi) is 8.00. The molecule has 0 aromatic rings. The van der Waals surface area contributed by atoms with E-state index in [4.69, 9.17) is 3.07 Å². The molecule has 3 fully saturated rings. The average Bonchev–Trinajstić information content (AvgIpc) is 2.68. The van der Waals surface area contributed by atoms with Gasteiger partial charge in [0.1, 0.15) is 0 Å². The Balaban J connectivity index is 1.92. The molecule has 0 saturated heterocycles. The van der Waals surface area contributed by atoms with Gasteiger partial charge in [-0.1, -0.05) is 0 Å². The van der Waals surface area contributed by atoms with E-state index in [-0.39, 0.29) is 5.97 Å². The maximum atomic E-state index is 12.8. The first-order chi connectivity index (χ1) is 12.3. The van der Waals surface area contributed by atoms with E-state index in [1.807, 2.05) is 0 Å².